The fourth-order valence-electron chi connectivity index (χ4n) is 2.64. The molecule has 1 aromatic rings. The molecule has 0 unspecified atom stereocenters. The predicted molar refractivity (Wildman–Crippen MR) is 92.4 cm³/mol. The maximum absolute atomic E-state index is 12.5. The monoisotopic (exact) mass is 379 g/mol. The van der Waals surface area contributed by atoms with Crippen LogP contribution in [0, 0.1) is 0 Å². The van der Waals surface area contributed by atoms with E-state index in [1.165, 1.54) is 12.1 Å². The van der Waals surface area contributed by atoms with Crippen molar-refractivity contribution < 1.29 is 13.2 Å². The predicted octanol–water partition coefficient (Wildman–Crippen LogP) is 1.67. The molecule has 1 amide bonds. The molecule has 1 fully saturated rings. The molecule has 0 radical (unpaired) electrons. The third-order valence-electron chi connectivity index (χ3n) is 3.76. The van der Waals surface area contributed by atoms with Gasteiger partial charge in [0.2, 0.25) is 5.91 Å². The number of nitrogens with one attached hydrogen (secondary N) is 2. The smallest absolute Gasteiger partial charge is 0.250 e. The number of sulfonamides is 1. The van der Waals surface area contributed by atoms with Gasteiger partial charge in [-0.05, 0) is 44.5 Å². The Morgan fingerprint density at radius 3 is 2.70 bits per heavy atom. The van der Waals surface area contributed by atoms with Crippen molar-refractivity contribution in [2.45, 2.75) is 36.4 Å². The van der Waals surface area contributed by atoms with E-state index in [0.29, 0.717) is 10.9 Å². The van der Waals surface area contributed by atoms with Crippen LogP contribution in [0.25, 0.3) is 0 Å². The van der Waals surface area contributed by atoms with Crippen LogP contribution in [0.3, 0.4) is 0 Å². The Morgan fingerprint density at radius 1 is 1.43 bits per heavy atom. The Hall–Kier alpha value is -0.670. The standard InChI is InChI=1S/C14H22ClN3O3S2/c1-2-9-18(11-5-7-16-8-6-11)13(19)10-17-23(20,21)14-4-3-12(15)22-14/h3-4,11,16-17H,2,5-10H2,1H3. The van der Waals surface area contributed by atoms with E-state index in [1.807, 2.05) is 11.8 Å². The summed E-state index contributed by atoms with van der Waals surface area (Å²) < 4.78 is 27.2. The highest BCUT2D eigenvalue weighted by molar-refractivity contribution is 7.91. The summed E-state index contributed by atoms with van der Waals surface area (Å²) in [5.41, 5.74) is 0. The molecule has 0 atom stereocenters. The first-order valence-corrected chi connectivity index (χ1v) is 10.4. The average Bonchev–Trinajstić information content (AvgIpc) is 2.99. The molecule has 0 saturated carbocycles. The topological polar surface area (TPSA) is 78.5 Å². The van der Waals surface area contributed by atoms with Gasteiger partial charge in [-0.2, -0.15) is 0 Å². The van der Waals surface area contributed by atoms with Gasteiger partial charge in [0.25, 0.3) is 10.0 Å². The van der Waals surface area contributed by atoms with Gasteiger partial charge in [0.05, 0.1) is 10.9 Å². The Bertz CT molecular complexity index is 627. The second-order valence-corrected chi connectivity index (χ2v) is 9.16. The number of nitrogens with zero attached hydrogens (tertiary/aromatic N) is 1. The van der Waals surface area contributed by atoms with Crippen LogP contribution in [0.15, 0.2) is 16.3 Å². The van der Waals surface area contributed by atoms with Gasteiger partial charge in [0.1, 0.15) is 4.21 Å². The van der Waals surface area contributed by atoms with Crippen LogP contribution >= 0.6 is 22.9 Å². The number of amides is 1. The number of hydrogen-bond donors (Lipinski definition) is 2. The summed E-state index contributed by atoms with van der Waals surface area (Å²) in [4.78, 5) is 14.3. The van der Waals surface area contributed by atoms with E-state index in [-0.39, 0.29) is 22.7 Å². The molecule has 0 bridgehead atoms. The summed E-state index contributed by atoms with van der Waals surface area (Å²) in [5.74, 6) is -0.176. The molecule has 1 aromatic heterocycles. The molecule has 0 spiro atoms. The minimum absolute atomic E-state index is 0.124. The third kappa shape index (κ3) is 5.15. The Labute approximate surface area is 146 Å². The summed E-state index contributed by atoms with van der Waals surface area (Å²) >= 11 is 6.74. The zero-order valence-corrected chi connectivity index (χ0v) is 15.4. The molecule has 1 aliphatic heterocycles. The van der Waals surface area contributed by atoms with Crippen LogP contribution in [0.5, 0.6) is 0 Å². The van der Waals surface area contributed by atoms with E-state index in [0.717, 1.165) is 43.7 Å². The van der Waals surface area contributed by atoms with Crippen molar-refractivity contribution in [2.24, 2.45) is 0 Å². The van der Waals surface area contributed by atoms with Gasteiger partial charge in [0.15, 0.2) is 0 Å². The molecular formula is C14H22ClN3O3S2. The van der Waals surface area contributed by atoms with Crippen molar-refractivity contribution >= 4 is 38.9 Å². The van der Waals surface area contributed by atoms with Gasteiger partial charge in [0, 0.05) is 12.6 Å². The quantitative estimate of drug-likeness (QED) is 0.755. The first kappa shape index (κ1) is 18.7. The maximum atomic E-state index is 12.5. The lowest BCUT2D eigenvalue weighted by molar-refractivity contribution is -0.132. The molecule has 0 aromatic carbocycles. The number of hydrogen-bond acceptors (Lipinski definition) is 5. The lowest BCUT2D eigenvalue weighted by atomic mass is 10.0. The van der Waals surface area contributed by atoms with E-state index in [2.05, 4.69) is 10.0 Å². The molecule has 9 heteroatoms. The third-order valence-corrected chi connectivity index (χ3v) is 6.89. The van der Waals surface area contributed by atoms with Crippen LogP contribution in [0.4, 0.5) is 0 Å². The highest BCUT2D eigenvalue weighted by Gasteiger charge is 2.26. The van der Waals surface area contributed by atoms with Gasteiger partial charge in [-0.1, -0.05) is 18.5 Å². The zero-order valence-electron chi connectivity index (χ0n) is 13.0. The van der Waals surface area contributed by atoms with Crippen LogP contribution < -0.4 is 10.0 Å². The minimum atomic E-state index is -3.69. The van der Waals surface area contributed by atoms with Gasteiger partial charge < -0.3 is 10.2 Å². The highest BCUT2D eigenvalue weighted by atomic mass is 35.5. The van der Waals surface area contributed by atoms with Crippen molar-refractivity contribution in [1.29, 1.82) is 0 Å². The zero-order chi connectivity index (χ0) is 16.9. The van der Waals surface area contributed by atoms with Gasteiger partial charge in [-0.15, -0.1) is 11.3 Å². The minimum Gasteiger partial charge on any atom is -0.338 e. The van der Waals surface area contributed by atoms with Crippen molar-refractivity contribution in [3.63, 3.8) is 0 Å². The number of halogens is 1. The molecule has 1 saturated heterocycles. The van der Waals surface area contributed by atoms with E-state index in [1.54, 1.807) is 0 Å². The van der Waals surface area contributed by atoms with Crippen LogP contribution in [0.2, 0.25) is 4.34 Å². The van der Waals surface area contributed by atoms with E-state index in [9.17, 15) is 13.2 Å². The van der Waals surface area contributed by atoms with E-state index < -0.39 is 10.0 Å². The maximum Gasteiger partial charge on any atom is 0.250 e. The average molecular weight is 380 g/mol. The van der Waals surface area contributed by atoms with Gasteiger partial charge in [-0.3, -0.25) is 4.79 Å². The van der Waals surface area contributed by atoms with Crippen molar-refractivity contribution in [3.05, 3.63) is 16.5 Å². The van der Waals surface area contributed by atoms with Crippen molar-refractivity contribution in [2.75, 3.05) is 26.2 Å². The molecule has 130 valence electrons. The van der Waals surface area contributed by atoms with E-state index in [4.69, 9.17) is 11.6 Å². The van der Waals surface area contributed by atoms with Gasteiger partial charge >= 0.3 is 0 Å². The summed E-state index contributed by atoms with van der Waals surface area (Å²) in [6, 6.07) is 3.15. The lowest BCUT2D eigenvalue weighted by Crippen LogP contribution is -2.49. The summed E-state index contributed by atoms with van der Waals surface area (Å²) in [7, 11) is -3.69. The summed E-state index contributed by atoms with van der Waals surface area (Å²) in [5, 5.41) is 3.27. The Kier molecular flexibility index (Phi) is 6.84. The van der Waals surface area contributed by atoms with Gasteiger partial charge in [-0.25, -0.2) is 13.1 Å². The molecule has 2 N–H and O–H groups in total. The molecule has 0 aliphatic carbocycles. The number of rotatable bonds is 7. The number of carbonyl (C=O) groups is 1. The highest BCUT2D eigenvalue weighted by Crippen LogP contribution is 2.25. The number of carbonyl (C=O) groups excluding carboxylic acids is 1. The first-order valence-electron chi connectivity index (χ1n) is 7.69. The molecular weight excluding hydrogens is 358 g/mol. The SMILES string of the molecule is CCCN(C(=O)CNS(=O)(=O)c1ccc(Cl)s1)C1CCNCC1. The molecule has 2 rings (SSSR count). The second kappa shape index (κ2) is 8.43. The fourth-order valence-corrected chi connectivity index (χ4v) is 5.14. The lowest BCUT2D eigenvalue weighted by Gasteiger charge is -2.34. The second-order valence-electron chi connectivity index (χ2n) is 5.45. The molecule has 2 heterocycles. The van der Waals surface area contributed by atoms with Crippen LogP contribution in [-0.4, -0.2) is 51.4 Å². The van der Waals surface area contributed by atoms with Crippen LogP contribution in [0.1, 0.15) is 26.2 Å². The van der Waals surface area contributed by atoms with Crippen molar-refractivity contribution in [3.8, 4) is 0 Å². The van der Waals surface area contributed by atoms with Crippen LogP contribution in [-0.2, 0) is 14.8 Å². The molecule has 6 nitrogen and oxygen atoms in total. The largest absolute Gasteiger partial charge is 0.338 e. The fraction of sp³-hybridized carbons (Fsp3) is 0.643. The normalized spacial score (nSPS) is 16.4. The molecule has 23 heavy (non-hydrogen) atoms. The molecule has 1 aliphatic rings. The Morgan fingerprint density at radius 2 is 2.13 bits per heavy atom. The van der Waals surface area contributed by atoms with E-state index >= 15 is 0 Å². The van der Waals surface area contributed by atoms with Crippen molar-refractivity contribution in [1.82, 2.24) is 14.9 Å². The summed E-state index contributed by atoms with van der Waals surface area (Å²) in [6.07, 6.45) is 2.65. The first-order chi connectivity index (χ1) is 10.9. The number of thiophene rings is 1. The Balaban J connectivity index is 1.98. The summed E-state index contributed by atoms with van der Waals surface area (Å²) in [6.45, 7) is 4.21. The number of piperidine rings is 1.